The van der Waals surface area contributed by atoms with Crippen LogP contribution in [0.4, 0.5) is 0 Å². The number of amides is 1. The number of nitriles is 1. The number of benzene rings is 1. The molecule has 1 unspecified atom stereocenters. The van der Waals surface area contributed by atoms with Crippen molar-refractivity contribution in [2.75, 3.05) is 13.2 Å². The molecule has 0 fully saturated rings. The van der Waals surface area contributed by atoms with E-state index in [1.807, 2.05) is 0 Å². The molecule has 0 radical (unpaired) electrons. The van der Waals surface area contributed by atoms with Gasteiger partial charge in [0, 0.05) is 13.2 Å². The maximum absolute atomic E-state index is 11.8. The number of nitrogens with zero attached hydrogens (tertiary/aromatic N) is 1. The number of aliphatic hydroxyl groups excluding tert-OH is 1. The molecular formula is C16H22N2O2. The highest BCUT2D eigenvalue weighted by atomic mass is 16.3. The molecule has 1 atom stereocenters. The third-order valence-electron chi connectivity index (χ3n) is 3.27. The van der Waals surface area contributed by atoms with E-state index in [0.29, 0.717) is 24.4 Å². The smallest absolute Gasteiger partial charge is 0.224 e. The van der Waals surface area contributed by atoms with Crippen LogP contribution in [0.25, 0.3) is 0 Å². The maximum atomic E-state index is 11.8. The Hall–Kier alpha value is -1.86. The van der Waals surface area contributed by atoms with E-state index in [0.717, 1.165) is 24.8 Å². The minimum Gasteiger partial charge on any atom is -0.396 e. The number of hydrogen-bond acceptors (Lipinski definition) is 3. The van der Waals surface area contributed by atoms with Crippen molar-refractivity contribution in [1.82, 2.24) is 5.32 Å². The Morgan fingerprint density at radius 1 is 1.35 bits per heavy atom. The molecule has 0 aliphatic carbocycles. The topological polar surface area (TPSA) is 73.1 Å². The Labute approximate surface area is 120 Å². The third kappa shape index (κ3) is 5.85. The summed E-state index contributed by atoms with van der Waals surface area (Å²) in [5.74, 6) is 0.323. The molecule has 0 heterocycles. The predicted molar refractivity (Wildman–Crippen MR) is 78.0 cm³/mol. The Morgan fingerprint density at radius 2 is 2.05 bits per heavy atom. The molecule has 20 heavy (non-hydrogen) atoms. The lowest BCUT2D eigenvalue weighted by Crippen LogP contribution is -2.30. The summed E-state index contributed by atoms with van der Waals surface area (Å²) in [4.78, 5) is 11.8. The molecule has 0 bridgehead atoms. The van der Waals surface area contributed by atoms with E-state index < -0.39 is 0 Å². The Morgan fingerprint density at radius 3 is 2.60 bits per heavy atom. The molecule has 0 spiro atoms. The van der Waals surface area contributed by atoms with Crippen molar-refractivity contribution in [3.63, 3.8) is 0 Å². The minimum absolute atomic E-state index is 0.0197. The first-order valence-corrected chi connectivity index (χ1v) is 7.06. The van der Waals surface area contributed by atoms with Crippen LogP contribution in [0.3, 0.4) is 0 Å². The summed E-state index contributed by atoms with van der Waals surface area (Å²) in [7, 11) is 0. The summed E-state index contributed by atoms with van der Waals surface area (Å²) in [6, 6.07) is 9.09. The van der Waals surface area contributed by atoms with Crippen molar-refractivity contribution in [3.05, 3.63) is 35.4 Å². The molecule has 1 rings (SSSR count). The first kappa shape index (κ1) is 16.2. The summed E-state index contributed by atoms with van der Waals surface area (Å²) in [5.41, 5.74) is 1.50. The second kappa shape index (κ2) is 9.11. The lowest BCUT2D eigenvalue weighted by Gasteiger charge is -2.15. The summed E-state index contributed by atoms with van der Waals surface area (Å²) in [6.45, 7) is 2.88. The Bertz CT molecular complexity index is 443. The average Bonchev–Trinajstić information content (AvgIpc) is 2.46. The van der Waals surface area contributed by atoms with Crippen LogP contribution in [0.1, 0.15) is 37.3 Å². The van der Waals surface area contributed by atoms with Gasteiger partial charge in [0.25, 0.3) is 0 Å². The summed E-state index contributed by atoms with van der Waals surface area (Å²) in [6.07, 6.45) is 3.11. The van der Waals surface area contributed by atoms with Crippen LogP contribution in [0, 0.1) is 17.2 Å². The molecular weight excluding hydrogens is 252 g/mol. The van der Waals surface area contributed by atoms with E-state index in [9.17, 15) is 4.79 Å². The van der Waals surface area contributed by atoms with Crippen LogP contribution in [0.5, 0.6) is 0 Å². The van der Waals surface area contributed by atoms with Crippen LogP contribution in [0.15, 0.2) is 24.3 Å². The van der Waals surface area contributed by atoms with Crippen molar-refractivity contribution in [2.45, 2.75) is 32.6 Å². The second-order valence-corrected chi connectivity index (χ2v) is 4.96. The van der Waals surface area contributed by atoms with Crippen LogP contribution in [0.2, 0.25) is 0 Å². The third-order valence-corrected chi connectivity index (χ3v) is 3.27. The van der Waals surface area contributed by atoms with E-state index in [1.54, 1.807) is 24.3 Å². The number of nitrogens with one attached hydrogen (secondary N) is 1. The van der Waals surface area contributed by atoms with Crippen LogP contribution in [-0.4, -0.2) is 24.2 Å². The molecule has 1 aromatic rings. The highest BCUT2D eigenvalue weighted by Gasteiger charge is 2.09. The average molecular weight is 274 g/mol. The monoisotopic (exact) mass is 274 g/mol. The van der Waals surface area contributed by atoms with Gasteiger partial charge in [0.1, 0.15) is 0 Å². The molecule has 1 aromatic carbocycles. The largest absolute Gasteiger partial charge is 0.396 e. The van der Waals surface area contributed by atoms with Gasteiger partial charge >= 0.3 is 0 Å². The fraction of sp³-hybridized carbons (Fsp3) is 0.500. The van der Waals surface area contributed by atoms with Crippen molar-refractivity contribution in [2.24, 2.45) is 5.92 Å². The van der Waals surface area contributed by atoms with Crippen molar-refractivity contribution < 1.29 is 9.90 Å². The van der Waals surface area contributed by atoms with Crippen molar-refractivity contribution in [1.29, 1.82) is 5.26 Å². The van der Waals surface area contributed by atoms with Crippen LogP contribution >= 0.6 is 0 Å². The molecule has 1 amide bonds. The number of carbonyl (C=O) groups excluding carboxylic acids is 1. The van der Waals surface area contributed by atoms with Gasteiger partial charge in [-0.15, -0.1) is 0 Å². The quantitative estimate of drug-likeness (QED) is 0.761. The van der Waals surface area contributed by atoms with Gasteiger partial charge in [-0.05, 0) is 36.5 Å². The highest BCUT2D eigenvalue weighted by Crippen LogP contribution is 2.09. The molecule has 0 saturated heterocycles. The Balaban J connectivity index is 2.40. The van der Waals surface area contributed by atoms with E-state index in [2.05, 4.69) is 18.3 Å². The molecule has 2 N–H and O–H groups in total. The SMILES string of the molecule is CCCC(CCO)CNC(=O)Cc1ccc(C#N)cc1. The molecule has 4 heteroatoms. The zero-order valence-corrected chi connectivity index (χ0v) is 11.9. The number of hydrogen-bond donors (Lipinski definition) is 2. The minimum atomic E-state index is -0.0197. The van der Waals surface area contributed by atoms with Gasteiger partial charge in [-0.1, -0.05) is 25.5 Å². The molecule has 108 valence electrons. The Kier molecular flexibility index (Phi) is 7.38. The van der Waals surface area contributed by atoms with Gasteiger partial charge in [-0.2, -0.15) is 5.26 Å². The van der Waals surface area contributed by atoms with Gasteiger partial charge < -0.3 is 10.4 Å². The summed E-state index contributed by atoms with van der Waals surface area (Å²) < 4.78 is 0. The maximum Gasteiger partial charge on any atom is 0.224 e. The molecule has 0 saturated carbocycles. The zero-order chi connectivity index (χ0) is 14.8. The lowest BCUT2D eigenvalue weighted by molar-refractivity contribution is -0.120. The van der Waals surface area contributed by atoms with Gasteiger partial charge in [0.15, 0.2) is 0 Å². The number of rotatable bonds is 8. The molecule has 0 aliphatic heterocycles. The molecule has 4 nitrogen and oxygen atoms in total. The summed E-state index contributed by atoms with van der Waals surface area (Å²) >= 11 is 0. The first-order valence-electron chi connectivity index (χ1n) is 7.06. The molecule has 0 aromatic heterocycles. The zero-order valence-electron chi connectivity index (χ0n) is 11.9. The fourth-order valence-corrected chi connectivity index (χ4v) is 2.14. The standard InChI is InChI=1S/C16H22N2O2/c1-2-3-15(8-9-19)12-18-16(20)10-13-4-6-14(11-17)7-5-13/h4-7,15,19H,2-3,8-10,12H2,1H3,(H,18,20). The van der Waals surface area contributed by atoms with Crippen LogP contribution < -0.4 is 5.32 Å². The van der Waals surface area contributed by atoms with E-state index >= 15 is 0 Å². The second-order valence-electron chi connectivity index (χ2n) is 4.96. The lowest BCUT2D eigenvalue weighted by atomic mass is 10.00. The van der Waals surface area contributed by atoms with Crippen molar-refractivity contribution in [3.8, 4) is 6.07 Å². The van der Waals surface area contributed by atoms with E-state index in [-0.39, 0.29) is 12.5 Å². The predicted octanol–water partition coefficient (Wildman–Crippen LogP) is 2.02. The van der Waals surface area contributed by atoms with Crippen molar-refractivity contribution >= 4 is 5.91 Å². The van der Waals surface area contributed by atoms with Gasteiger partial charge in [0.2, 0.25) is 5.91 Å². The van der Waals surface area contributed by atoms with E-state index in [1.165, 1.54) is 0 Å². The number of aliphatic hydroxyl groups is 1. The molecule has 0 aliphatic rings. The normalized spacial score (nSPS) is 11.7. The van der Waals surface area contributed by atoms with Gasteiger partial charge in [-0.3, -0.25) is 4.79 Å². The van der Waals surface area contributed by atoms with Crippen LogP contribution in [-0.2, 0) is 11.2 Å². The fourth-order valence-electron chi connectivity index (χ4n) is 2.14. The first-order chi connectivity index (χ1) is 9.69. The highest BCUT2D eigenvalue weighted by molar-refractivity contribution is 5.78. The number of carbonyl (C=O) groups is 1. The summed E-state index contributed by atoms with van der Waals surface area (Å²) in [5, 5.41) is 20.6. The van der Waals surface area contributed by atoms with Gasteiger partial charge in [-0.25, -0.2) is 0 Å². The van der Waals surface area contributed by atoms with Gasteiger partial charge in [0.05, 0.1) is 18.1 Å². The van der Waals surface area contributed by atoms with E-state index in [4.69, 9.17) is 10.4 Å².